The van der Waals surface area contributed by atoms with Crippen LogP contribution in [-0.4, -0.2) is 55.8 Å². The number of nitrogens with zero attached hydrogens (tertiary/aromatic N) is 5. The number of carbonyl (C=O) groups excluding carboxylic acids is 1. The van der Waals surface area contributed by atoms with Crippen molar-refractivity contribution in [2.75, 3.05) is 6.54 Å². The molecule has 1 unspecified atom stereocenters. The maximum atomic E-state index is 13.3. The van der Waals surface area contributed by atoms with Crippen molar-refractivity contribution in [3.63, 3.8) is 0 Å². The Hall–Kier alpha value is -4.46. The van der Waals surface area contributed by atoms with Gasteiger partial charge < -0.3 is 24.6 Å². The minimum Gasteiger partial charge on any atom is -0.474 e. The van der Waals surface area contributed by atoms with Gasteiger partial charge in [-0.15, -0.1) is 0 Å². The molecular formula is C28H32N6O5. The Labute approximate surface area is 226 Å². The topological polar surface area (TPSA) is 154 Å². The molecule has 1 aliphatic heterocycles. The lowest BCUT2D eigenvalue weighted by molar-refractivity contribution is -0.136. The first-order chi connectivity index (χ1) is 18.4. The number of carboxylic acid groups (broad SMARTS) is 1. The predicted octanol–water partition coefficient (Wildman–Crippen LogP) is 4.33. The molecule has 2 aromatic heterocycles. The molecule has 0 bridgehead atoms. The van der Waals surface area contributed by atoms with E-state index in [1.54, 1.807) is 11.0 Å². The number of ether oxygens (including phenoxy) is 1. The monoisotopic (exact) mass is 532 g/mol. The fraction of sp³-hybridized carbons (Fsp3) is 0.429. The van der Waals surface area contributed by atoms with Crippen LogP contribution in [0, 0.1) is 23.7 Å². The van der Waals surface area contributed by atoms with Crippen LogP contribution in [0.25, 0.3) is 22.8 Å². The Balaban J connectivity index is 1.57. The van der Waals surface area contributed by atoms with Gasteiger partial charge in [-0.2, -0.15) is 10.2 Å². The van der Waals surface area contributed by atoms with Crippen molar-refractivity contribution in [2.45, 2.75) is 66.7 Å². The lowest BCUT2D eigenvalue weighted by Gasteiger charge is -2.37. The van der Waals surface area contributed by atoms with Crippen molar-refractivity contribution >= 4 is 12.0 Å². The quantitative estimate of drug-likeness (QED) is 0.472. The second kappa shape index (κ2) is 10.7. The molecule has 1 aliphatic rings. The Morgan fingerprint density at radius 3 is 2.67 bits per heavy atom. The molecule has 2 N–H and O–H groups in total. The third kappa shape index (κ3) is 5.85. The average Bonchev–Trinajstić information content (AvgIpc) is 3.36. The van der Waals surface area contributed by atoms with Crippen molar-refractivity contribution in [3.05, 3.63) is 46.6 Å². The summed E-state index contributed by atoms with van der Waals surface area (Å²) in [4.78, 5) is 35.1. The number of nitriles is 1. The summed E-state index contributed by atoms with van der Waals surface area (Å²) in [5, 5.41) is 25.3. The Morgan fingerprint density at radius 2 is 2.03 bits per heavy atom. The van der Waals surface area contributed by atoms with Crippen LogP contribution in [0.3, 0.4) is 0 Å². The van der Waals surface area contributed by atoms with Gasteiger partial charge in [0.15, 0.2) is 0 Å². The van der Waals surface area contributed by atoms with Crippen molar-refractivity contribution < 1.29 is 24.0 Å². The zero-order chi connectivity index (χ0) is 28.5. The van der Waals surface area contributed by atoms with Gasteiger partial charge in [-0.1, -0.05) is 38.1 Å². The van der Waals surface area contributed by atoms with Gasteiger partial charge in [0.05, 0.1) is 11.7 Å². The normalized spacial score (nSPS) is 13.9. The van der Waals surface area contributed by atoms with E-state index in [1.807, 2.05) is 53.7 Å². The van der Waals surface area contributed by atoms with Gasteiger partial charge in [-0.25, -0.2) is 9.78 Å². The summed E-state index contributed by atoms with van der Waals surface area (Å²) >= 11 is 0. The van der Waals surface area contributed by atoms with Gasteiger partial charge in [-0.3, -0.25) is 4.79 Å². The zero-order valence-corrected chi connectivity index (χ0v) is 22.9. The number of carbonyl (C=O) groups is 2. The second-order valence-corrected chi connectivity index (χ2v) is 10.9. The van der Waals surface area contributed by atoms with Crippen LogP contribution in [-0.2, 0) is 17.8 Å². The fourth-order valence-electron chi connectivity index (χ4n) is 4.64. The Bertz CT molecular complexity index is 1450. The van der Waals surface area contributed by atoms with Crippen LogP contribution in [0.4, 0.5) is 4.79 Å². The van der Waals surface area contributed by atoms with E-state index in [4.69, 9.17) is 9.26 Å². The summed E-state index contributed by atoms with van der Waals surface area (Å²) in [6.07, 6.45) is 0.803. The molecule has 1 atom stereocenters. The first-order valence-electron chi connectivity index (χ1n) is 12.7. The summed E-state index contributed by atoms with van der Waals surface area (Å²) in [7, 11) is 0. The molecule has 3 heterocycles. The van der Waals surface area contributed by atoms with Crippen LogP contribution in [0.1, 0.15) is 56.9 Å². The standard InChI is InChI=1S/C28H32N6O5/c1-15(2)38-24-18(12-29)11-19(13-30-24)25-32-23(33-39-25)21-8-7-17-14-34(10-9-20(17)16(21)3)26(35)22(28(4,5)6)31-27(36)37/h7-8,11,13,15,22,31H,9-10,14H2,1-6H3,(H,36,37). The molecule has 39 heavy (non-hydrogen) atoms. The highest BCUT2D eigenvalue weighted by Crippen LogP contribution is 2.32. The maximum Gasteiger partial charge on any atom is 0.405 e. The molecule has 2 amide bonds. The number of fused-ring (bicyclic) bond motifs is 1. The number of aromatic nitrogens is 3. The summed E-state index contributed by atoms with van der Waals surface area (Å²) in [5.74, 6) is 0.651. The van der Waals surface area contributed by atoms with Crippen LogP contribution in [0.2, 0.25) is 0 Å². The molecule has 0 aliphatic carbocycles. The number of rotatable bonds is 6. The van der Waals surface area contributed by atoms with E-state index in [0.717, 1.165) is 22.3 Å². The van der Waals surface area contributed by atoms with Crippen LogP contribution in [0.5, 0.6) is 5.88 Å². The van der Waals surface area contributed by atoms with E-state index in [0.29, 0.717) is 30.9 Å². The highest BCUT2D eigenvalue weighted by Gasteiger charge is 2.37. The molecule has 4 rings (SSSR count). The van der Waals surface area contributed by atoms with Crippen molar-refractivity contribution in [3.8, 4) is 34.8 Å². The molecule has 0 spiro atoms. The molecule has 3 aromatic rings. The van der Waals surface area contributed by atoms with E-state index in [-0.39, 0.29) is 29.3 Å². The SMILES string of the molecule is Cc1c(-c2noc(-c3cnc(OC(C)C)c(C#N)c3)n2)ccc2c1CCN(C(=O)C(NC(=O)O)C(C)(C)C)C2. The maximum absolute atomic E-state index is 13.3. The largest absolute Gasteiger partial charge is 0.474 e. The van der Waals surface area contributed by atoms with Crippen molar-refractivity contribution in [1.82, 2.24) is 25.3 Å². The minimum atomic E-state index is -1.22. The molecule has 11 heteroatoms. The molecule has 1 aromatic carbocycles. The molecule has 11 nitrogen and oxygen atoms in total. The first kappa shape index (κ1) is 27.6. The summed E-state index contributed by atoms with van der Waals surface area (Å²) in [5.41, 5.74) is 4.09. The van der Waals surface area contributed by atoms with Gasteiger partial charge in [0.25, 0.3) is 5.89 Å². The highest BCUT2D eigenvalue weighted by atomic mass is 16.5. The van der Waals surface area contributed by atoms with E-state index in [9.17, 15) is 20.0 Å². The van der Waals surface area contributed by atoms with E-state index < -0.39 is 17.6 Å². The van der Waals surface area contributed by atoms with E-state index >= 15 is 0 Å². The lowest BCUT2D eigenvalue weighted by atomic mass is 9.85. The van der Waals surface area contributed by atoms with Gasteiger partial charge in [-0.05, 0) is 55.4 Å². The summed E-state index contributed by atoms with van der Waals surface area (Å²) < 4.78 is 11.1. The zero-order valence-electron chi connectivity index (χ0n) is 22.9. The number of amides is 2. The number of pyridine rings is 1. The summed E-state index contributed by atoms with van der Waals surface area (Å²) in [6.45, 7) is 12.1. The van der Waals surface area contributed by atoms with Gasteiger partial charge in [0, 0.05) is 24.8 Å². The van der Waals surface area contributed by atoms with E-state index in [1.165, 1.54) is 6.20 Å². The van der Waals surface area contributed by atoms with Crippen LogP contribution in [0.15, 0.2) is 28.9 Å². The lowest BCUT2D eigenvalue weighted by Crippen LogP contribution is -2.55. The summed E-state index contributed by atoms with van der Waals surface area (Å²) in [6, 6.07) is 6.69. The molecule has 0 saturated carbocycles. The second-order valence-electron chi connectivity index (χ2n) is 10.9. The third-order valence-corrected chi connectivity index (χ3v) is 6.61. The number of nitrogens with one attached hydrogen (secondary N) is 1. The van der Waals surface area contributed by atoms with Gasteiger partial charge in [0.2, 0.25) is 17.6 Å². The molecule has 204 valence electrons. The highest BCUT2D eigenvalue weighted by molar-refractivity contribution is 5.86. The van der Waals surface area contributed by atoms with E-state index in [2.05, 4.69) is 26.5 Å². The minimum absolute atomic E-state index is 0.121. The van der Waals surface area contributed by atoms with Crippen molar-refractivity contribution in [2.24, 2.45) is 5.41 Å². The molecular weight excluding hydrogens is 500 g/mol. The third-order valence-electron chi connectivity index (χ3n) is 6.61. The van der Waals surface area contributed by atoms with Crippen LogP contribution < -0.4 is 10.1 Å². The predicted molar refractivity (Wildman–Crippen MR) is 142 cm³/mol. The molecule has 0 saturated heterocycles. The van der Waals surface area contributed by atoms with Crippen LogP contribution >= 0.6 is 0 Å². The average molecular weight is 533 g/mol. The van der Waals surface area contributed by atoms with Gasteiger partial charge >= 0.3 is 6.09 Å². The number of hydrogen-bond donors (Lipinski definition) is 2. The smallest absolute Gasteiger partial charge is 0.405 e. The van der Waals surface area contributed by atoms with Gasteiger partial charge in [0.1, 0.15) is 17.7 Å². The Morgan fingerprint density at radius 1 is 1.28 bits per heavy atom. The van der Waals surface area contributed by atoms with Crippen molar-refractivity contribution in [1.29, 1.82) is 5.26 Å². The molecule has 0 radical (unpaired) electrons. The number of hydrogen-bond acceptors (Lipinski definition) is 8. The fourth-order valence-corrected chi connectivity index (χ4v) is 4.64. The Kier molecular flexibility index (Phi) is 7.58. The number of benzene rings is 1. The molecule has 0 fully saturated rings. The first-order valence-corrected chi connectivity index (χ1v) is 12.7.